The van der Waals surface area contributed by atoms with E-state index < -0.39 is 0 Å². The minimum atomic E-state index is -0.211. The first-order valence-electron chi connectivity index (χ1n) is 6.14. The number of benzene rings is 1. The van der Waals surface area contributed by atoms with E-state index in [-0.39, 0.29) is 30.3 Å². The number of imidazole rings is 1. The number of aromatic nitrogens is 2. The van der Waals surface area contributed by atoms with Crippen molar-refractivity contribution >= 4 is 17.3 Å². The number of rotatable bonds is 4. The quantitative estimate of drug-likeness (QED) is 0.816. The Balaban J connectivity index is 1.98. The van der Waals surface area contributed by atoms with E-state index in [9.17, 15) is 4.79 Å². The van der Waals surface area contributed by atoms with Crippen LogP contribution in [0.3, 0.4) is 0 Å². The fourth-order valence-electron chi connectivity index (χ4n) is 1.81. The summed E-state index contributed by atoms with van der Waals surface area (Å²) in [6.07, 6.45) is 1.54. The Kier molecular flexibility index (Phi) is 4.17. The van der Waals surface area contributed by atoms with E-state index in [1.807, 2.05) is 12.1 Å². The lowest BCUT2D eigenvalue weighted by molar-refractivity contribution is -0.116. The van der Waals surface area contributed by atoms with Gasteiger partial charge in [0, 0.05) is 24.3 Å². The van der Waals surface area contributed by atoms with Crippen LogP contribution in [0, 0.1) is 22.7 Å². The molecule has 0 aliphatic heterocycles. The molecule has 7 heteroatoms. The molecule has 0 aliphatic rings. The smallest absolute Gasteiger partial charge is 0.226 e. The van der Waals surface area contributed by atoms with E-state index in [1.165, 1.54) is 10.9 Å². The van der Waals surface area contributed by atoms with E-state index in [2.05, 4.69) is 10.3 Å². The van der Waals surface area contributed by atoms with Crippen LogP contribution in [0.1, 0.15) is 17.8 Å². The zero-order valence-electron chi connectivity index (χ0n) is 11.1. The van der Waals surface area contributed by atoms with Crippen molar-refractivity contribution in [1.29, 1.82) is 10.5 Å². The number of carbonyl (C=O) groups excluding carboxylic acids is 1. The van der Waals surface area contributed by atoms with Crippen molar-refractivity contribution in [3.05, 3.63) is 42.0 Å². The van der Waals surface area contributed by atoms with Crippen molar-refractivity contribution in [3.63, 3.8) is 0 Å². The molecule has 1 heterocycles. The number of nitriles is 2. The van der Waals surface area contributed by atoms with Crippen molar-refractivity contribution in [3.8, 4) is 12.1 Å². The average molecular weight is 280 g/mol. The third-order valence-corrected chi connectivity index (χ3v) is 2.80. The van der Waals surface area contributed by atoms with Crippen LogP contribution < -0.4 is 11.1 Å². The number of hydrogen-bond acceptors (Lipinski definition) is 5. The Bertz CT molecular complexity index is 750. The standard InChI is InChI=1S/C14H12N6O/c15-7-12-13(8-16)20(9-18-12)5-4-14(21)19-11-3-1-2-10(17)6-11/h1-3,6,9H,4-5,17H2,(H,19,21). The van der Waals surface area contributed by atoms with Gasteiger partial charge < -0.3 is 15.6 Å². The molecule has 1 aromatic carbocycles. The molecule has 0 fully saturated rings. The van der Waals surface area contributed by atoms with Crippen LogP contribution in [0.15, 0.2) is 30.6 Å². The van der Waals surface area contributed by atoms with Crippen LogP contribution in [0.25, 0.3) is 0 Å². The summed E-state index contributed by atoms with van der Waals surface area (Å²) < 4.78 is 1.48. The molecule has 2 rings (SSSR count). The maximum absolute atomic E-state index is 11.8. The average Bonchev–Trinajstić information content (AvgIpc) is 2.87. The van der Waals surface area contributed by atoms with Gasteiger partial charge >= 0.3 is 0 Å². The number of carbonyl (C=O) groups is 1. The zero-order chi connectivity index (χ0) is 15.2. The fourth-order valence-corrected chi connectivity index (χ4v) is 1.81. The van der Waals surface area contributed by atoms with Gasteiger partial charge in [0.1, 0.15) is 12.1 Å². The van der Waals surface area contributed by atoms with Crippen LogP contribution in [0.4, 0.5) is 11.4 Å². The van der Waals surface area contributed by atoms with Gasteiger partial charge in [0.15, 0.2) is 11.4 Å². The molecule has 1 aromatic heterocycles. The summed E-state index contributed by atoms with van der Waals surface area (Å²) >= 11 is 0. The first-order valence-corrected chi connectivity index (χ1v) is 6.14. The Hall–Kier alpha value is -3.32. The van der Waals surface area contributed by atoms with E-state index >= 15 is 0 Å². The number of nitrogen functional groups attached to an aromatic ring is 1. The first-order chi connectivity index (χ1) is 10.1. The molecule has 104 valence electrons. The molecule has 1 amide bonds. The summed E-state index contributed by atoms with van der Waals surface area (Å²) in [5.41, 5.74) is 7.03. The molecule has 0 radical (unpaired) electrons. The molecule has 3 N–H and O–H groups in total. The van der Waals surface area contributed by atoms with Gasteiger partial charge in [-0.1, -0.05) is 6.07 Å². The highest BCUT2D eigenvalue weighted by Crippen LogP contribution is 2.12. The maximum atomic E-state index is 11.8. The van der Waals surface area contributed by atoms with Crippen molar-refractivity contribution in [2.75, 3.05) is 11.1 Å². The number of nitrogens with two attached hydrogens (primary N) is 1. The highest BCUT2D eigenvalue weighted by Gasteiger charge is 2.11. The highest BCUT2D eigenvalue weighted by molar-refractivity contribution is 5.91. The van der Waals surface area contributed by atoms with E-state index in [0.717, 1.165) is 0 Å². The summed E-state index contributed by atoms with van der Waals surface area (Å²) in [5, 5.41) is 20.5. The molecular formula is C14H12N6O. The van der Waals surface area contributed by atoms with Crippen LogP contribution in [0.5, 0.6) is 0 Å². The largest absolute Gasteiger partial charge is 0.399 e. The summed E-state index contributed by atoms with van der Waals surface area (Å²) in [4.78, 5) is 15.6. The third kappa shape index (κ3) is 3.37. The van der Waals surface area contributed by atoms with E-state index in [4.69, 9.17) is 16.3 Å². The number of aryl methyl sites for hydroxylation is 1. The minimum absolute atomic E-state index is 0.0636. The Labute approximate surface area is 121 Å². The number of amides is 1. The Morgan fingerprint density at radius 2 is 2.19 bits per heavy atom. The number of hydrogen-bond donors (Lipinski definition) is 2. The van der Waals surface area contributed by atoms with Gasteiger partial charge in [0.05, 0.1) is 6.33 Å². The number of anilines is 2. The Morgan fingerprint density at radius 3 is 2.86 bits per heavy atom. The van der Waals surface area contributed by atoms with Gasteiger partial charge in [-0.05, 0) is 18.2 Å². The SMILES string of the molecule is N#Cc1ncn(CCC(=O)Nc2cccc(N)c2)c1C#N. The lowest BCUT2D eigenvalue weighted by atomic mass is 10.2. The van der Waals surface area contributed by atoms with Crippen molar-refractivity contribution in [2.24, 2.45) is 0 Å². The molecule has 0 aliphatic carbocycles. The molecule has 0 atom stereocenters. The predicted molar refractivity (Wildman–Crippen MR) is 75.8 cm³/mol. The van der Waals surface area contributed by atoms with Crippen LogP contribution in [0.2, 0.25) is 0 Å². The Morgan fingerprint density at radius 1 is 1.38 bits per heavy atom. The van der Waals surface area contributed by atoms with Gasteiger partial charge in [0.2, 0.25) is 5.91 Å². The molecule has 0 saturated heterocycles. The summed E-state index contributed by atoms with van der Waals surface area (Å²) in [5.74, 6) is -0.211. The summed E-state index contributed by atoms with van der Waals surface area (Å²) in [7, 11) is 0. The molecule has 0 bridgehead atoms. The van der Waals surface area contributed by atoms with E-state index in [0.29, 0.717) is 11.4 Å². The predicted octanol–water partition coefficient (Wildman–Crippen LogP) is 1.24. The number of nitrogens with zero attached hydrogens (tertiary/aromatic N) is 4. The normalized spacial score (nSPS) is 9.62. The minimum Gasteiger partial charge on any atom is -0.399 e. The zero-order valence-corrected chi connectivity index (χ0v) is 11.1. The molecule has 7 nitrogen and oxygen atoms in total. The second-order valence-electron chi connectivity index (χ2n) is 4.28. The van der Waals surface area contributed by atoms with Crippen molar-refractivity contribution in [2.45, 2.75) is 13.0 Å². The molecule has 2 aromatic rings. The second-order valence-corrected chi connectivity index (χ2v) is 4.28. The van der Waals surface area contributed by atoms with E-state index in [1.54, 1.807) is 24.3 Å². The summed E-state index contributed by atoms with van der Waals surface area (Å²) in [6, 6.07) is 10.6. The van der Waals surface area contributed by atoms with Crippen molar-refractivity contribution in [1.82, 2.24) is 9.55 Å². The third-order valence-electron chi connectivity index (χ3n) is 2.80. The fraction of sp³-hybridized carbons (Fsp3) is 0.143. The second kappa shape index (κ2) is 6.22. The lowest BCUT2D eigenvalue weighted by Gasteiger charge is -2.07. The maximum Gasteiger partial charge on any atom is 0.226 e. The van der Waals surface area contributed by atoms with Gasteiger partial charge in [-0.2, -0.15) is 10.5 Å². The molecule has 21 heavy (non-hydrogen) atoms. The van der Waals surface area contributed by atoms with Crippen LogP contribution >= 0.6 is 0 Å². The molecule has 0 unspecified atom stereocenters. The molecule has 0 spiro atoms. The highest BCUT2D eigenvalue weighted by atomic mass is 16.1. The van der Waals surface area contributed by atoms with Crippen LogP contribution in [-0.4, -0.2) is 15.5 Å². The molecule has 0 saturated carbocycles. The van der Waals surface area contributed by atoms with Gasteiger partial charge in [0.25, 0.3) is 0 Å². The van der Waals surface area contributed by atoms with Crippen LogP contribution in [-0.2, 0) is 11.3 Å². The topological polar surface area (TPSA) is 121 Å². The van der Waals surface area contributed by atoms with Gasteiger partial charge in [-0.25, -0.2) is 4.98 Å². The number of nitrogens with one attached hydrogen (secondary N) is 1. The van der Waals surface area contributed by atoms with Crippen molar-refractivity contribution < 1.29 is 4.79 Å². The summed E-state index contributed by atoms with van der Waals surface area (Å²) in [6.45, 7) is 0.270. The first kappa shape index (κ1) is 14.1. The molecular weight excluding hydrogens is 268 g/mol. The monoisotopic (exact) mass is 280 g/mol. The van der Waals surface area contributed by atoms with Gasteiger partial charge in [-0.15, -0.1) is 0 Å². The van der Waals surface area contributed by atoms with Gasteiger partial charge in [-0.3, -0.25) is 4.79 Å². The lowest BCUT2D eigenvalue weighted by Crippen LogP contribution is -2.15.